The van der Waals surface area contributed by atoms with E-state index in [2.05, 4.69) is 0 Å². The van der Waals surface area contributed by atoms with Gasteiger partial charge in [-0.2, -0.15) is 0 Å². The van der Waals surface area contributed by atoms with Gasteiger partial charge in [0.05, 0.1) is 0 Å². The summed E-state index contributed by atoms with van der Waals surface area (Å²) >= 11 is 0. The number of carboxylic acid groups (broad SMARTS) is 3. The normalized spacial score (nSPS) is 10.1. The Labute approximate surface area is 140 Å². The average Bonchev–Trinajstić information content (AvgIpc) is 2.26. The van der Waals surface area contributed by atoms with Gasteiger partial charge in [0.15, 0.2) is 0 Å². The van der Waals surface area contributed by atoms with Gasteiger partial charge in [0.25, 0.3) is 0 Å². The molecule has 112 valence electrons. The molecular formula is C12H22NNaO6. The molecule has 0 bridgehead atoms. The summed E-state index contributed by atoms with van der Waals surface area (Å²) in [5, 5.41) is 25.7. The van der Waals surface area contributed by atoms with Crippen LogP contribution in [0.15, 0.2) is 0 Å². The van der Waals surface area contributed by atoms with Gasteiger partial charge in [-0.1, -0.05) is 0 Å². The van der Waals surface area contributed by atoms with Crippen LogP contribution >= 0.6 is 0 Å². The summed E-state index contributed by atoms with van der Waals surface area (Å²) < 4.78 is 0. The predicted molar refractivity (Wildman–Crippen MR) is 74.2 cm³/mol. The standard InChI is InChI=1S/C12H21NO6.Na.H/c14-10(15)4-1-7-13(8-2-5-11(16)17)9-3-6-12(18)19;;/h1-9H2,(H,14,15)(H,16,17)(H,18,19);;. The van der Waals surface area contributed by atoms with Gasteiger partial charge >= 0.3 is 47.5 Å². The van der Waals surface area contributed by atoms with Crippen LogP contribution in [0.1, 0.15) is 38.5 Å². The molecule has 0 aromatic heterocycles. The van der Waals surface area contributed by atoms with Gasteiger partial charge in [-0.25, -0.2) is 0 Å². The van der Waals surface area contributed by atoms with E-state index in [0.29, 0.717) is 38.9 Å². The van der Waals surface area contributed by atoms with Crippen molar-refractivity contribution in [3.63, 3.8) is 0 Å². The maximum atomic E-state index is 10.4. The first-order valence-corrected chi connectivity index (χ1v) is 6.29. The van der Waals surface area contributed by atoms with E-state index in [1.54, 1.807) is 0 Å². The minimum atomic E-state index is -0.865. The van der Waals surface area contributed by atoms with E-state index in [1.807, 2.05) is 4.90 Å². The van der Waals surface area contributed by atoms with Crippen molar-refractivity contribution < 1.29 is 29.7 Å². The molecule has 0 aliphatic heterocycles. The second-order valence-corrected chi connectivity index (χ2v) is 4.33. The molecule has 0 aromatic carbocycles. The fourth-order valence-electron chi connectivity index (χ4n) is 1.70. The average molecular weight is 299 g/mol. The Balaban J connectivity index is 0. The Morgan fingerprint density at radius 1 is 0.650 bits per heavy atom. The van der Waals surface area contributed by atoms with E-state index in [9.17, 15) is 14.4 Å². The van der Waals surface area contributed by atoms with Crippen LogP contribution in [-0.2, 0) is 14.4 Å². The molecule has 0 fully saturated rings. The van der Waals surface area contributed by atoms with E-state index in [0.717, 1.165) is 0 Å². The molecule has 0 rings (SSSR count). The van der Waals surface area contributed by atoms with E-state index in [-0.39, 0.29) is 48.8 Å². The Hall–Kier alpha value is -0.630. The molecule has 20 heavy (non-hydrogen) atoms. The molecule has 0 atom stereocenters. The molecule has 0 aromatic rings. The zero-order valence-electron chi connectivity index (χ0n) is 10.9. The molecule has 0 radical (unpaired) electrons. The van der Waals surface area contributed by atoms with Crippen LogP contribution in [0.3, 0.4) is 0 Å². The molecule has 7 nitrogen and oxygen atoms in total. The van der Waals surface area contributed by atoms with Crippen LogP contribution in [0.5, 0.6) is 0 Å². The summed E-state index contributed by atoms with van der Waals surface area (Å²) in [7, 11) is 0. The van der Waals surface area contributed by atoms with Crippen molar-refractivity contribution in [1.82, 2.24) is 4.90 Å². The van der Waals surface area contributed by atoms with Gasteiger partial charge in [-0.3, -0.25) is 14.4 Å². The van der Waals surface area contributed by atoms with Gasteiger partial charge in [-0.15, -0.1) is 0 Å². The van der Waals surface area contributed by atoms with Crippen LogP contribution in [0.25, 0.3) is 0 Å². The van der Waals surface area contributed by atoms with Crippen LogP contribution in [0, 0.1) is 0 Å². The van der Waals surface area contributed by atoms with Crippen molar-refractivity contribution in [3.8, 4) is 0 Å². The molecule has 8 heteroatoms. The van der Waals surface area contributed by atoms with Crippen LogP contribution in [0.2, 0.25) is 0 Å². The molecular weight excluding hydrogens is 277 g/mol. The zero-order valence-corrected chi connectivity index (χ0v) is 10.9. The summed E-state index contributed by atoms with van der Waals surface area (Å²) in [6.07, 6.45) is 1.64. The van der Waals surface area contributed by atoms with E-state index < -0.39 is 17.9 Å². The Kier molecular flexibility index (Phi) is 14.5. The quantitative estimate of drug-likeness (QED) is 0.442. The number of hydrogen-bond acceptors (Lipinski definition) is 4. The molecule has 0 aliphatic carbocycles. The molecule has 0 heterocycles. The van der Waals surface area contributed by atoms with Crippen molar-refractivity contribution in [2.24, 2.45) is 0 Å². The summed E-state index contributed by atoms with van der Waals surface area (Å²) in [4.78, 5) is 33.2. The van der Waals surface area contributed by atoms with E-state index in [4.69, 9.17) is 15.3 Å². The number of nitrogens with zero attached hydrogens (tertiary/aromatic N) is 1. The van der Waals surface area contributed by atoms with E-state index in [1.165, 1.54) is 0 Å². The predicted octanol–water partition coefficient (Wildman–Crippen LogP) is 0.234. The SMILES string of the molecule is O=C(O)CCCN(CCCC(=O)O)CCCC(=O)O.[NaH]. The molecule has 0 saturated carbocycles. The number of aliphatic carboxylic acids is 3. The summed E-state index contributed by atoms with van der Waals surface area (Å²) in [6, 6.07) is 0. The zero-order chi connectivity index (χ0) is 14.7. The molecule has 0 aliphatic rings. The molecule has 0 amide bonds. The number of rotatable bonds is 12. The van der Waals surface area contributed by atoms with Crippen LogP contribution in [0.4, 0.5) is 0 Å². The second-order valence-electron chi connectivity index (χ2n) is 4.33. The van der Waals surface area contributed by atoms with Gasteiger partial charge < -0.3 is 20.2 Å². The first-order chi connectivity index (χ1) is 8.91. The summed E-state index contributed by atoms with van der Waals surface area (Å²) in [5.74, 6) is -2.59. The topological polar surface area (TPSA) is 115 Å². The molecule has 0 unspecified atom stereocenters. The molecule has 0 spiro atoms. The Bertz CT molecular complexity index is 263. The van der Waals surface area contributed by atoms with Gasteiger partial charge in [-0.05, 0) is 38.9 Å². The van der Waals surface area contributed by atoms with Gasteiger partial charge in [0, 0.05) is 19.3 Å². The third-order valence-electron chi connectivity index (χ3n) is 2.59. The first-order valence-electron chi connectivity index (χ1n) is 6.29. The first kappa shape index (κ1) is 21.7. The Morgan fingerprint density at radius 3 is 1.10 bits per heavy atom. The third-order valence-corrected chi connectivity index (χ3v) is 2.59. The van der Waals surface area contributed by atoms with Crippen molar-refractivity contribution in [2.45, 2.75) is 38.5 Å². The van der Waals surface area contributed by atoms with Crippen molar-refractivity contribution in [3.05, 3.63) is 0 Å². The van der Waals surface area contributed by atoms with Crippen LogP contribution in [-0.4, -0.2) is 87.3 Å². The number of carboxylic acids is 3. The Morgan fingerprint density at radius 2 is 0.900 bits per heavy atom. The van der Waals surface area contributed by atoms with Crippen molar-refractivity contribution in [2.75, 3.05) is 19.6 Å². The second kappa shape index (κ2) is 13.4. The van der Waals surface area contributed by atoms with E-state index >= 15 is 0 Å². The number of carbonyl (C=O) groups is 3. The third kappa shape index (κ3) is 15.4. The minimum absolute atomic E-state index is 0. The van der Waals surface area contributed by atoms with Crippen LogP contribution < -0.4 is 0 Å². The maximum absolute atomic E-state index is 10.4. The molecule has 0 saturated heterocycles. The fourth-order valence-corrected chi connectivity index (χ4v) is 1.70. The monoisotopic (exact) mass is 299 g/mol. The summed E-state index contributed by atoms with van der Waals surface area (Å²) in [6.45, 7) is 1.64. The van der Waals surface area contributed by atoms with Gasteiger partial charge in [0.2, 0.25) is 0 Å². The van der Waals surface area contributed by atoms with Crippen molar-refractivity contribution in [1.29, 1.82) is 0 Å². The van der Waals surface area contributed by atoms with Gasteiger partial charge in [0.1, 0.15) is 0 Å². The molecule has 3 N–H and O–H groups in total. The van der Waals surface area contributed by atoms with Crippen molar-refractivity contribution >= 4 is 47.5 Å². The summed E-state index contributed by atoms with van der Waals surface area (Å²) in [5.41, 5.74) is 0. The fraction of sp³-hybridized carbons (Fsp3) is 0.750. The number of hydrogen-bond donors (Lipinski definition) is 3.